The molecule has 0 atom stereocenters. The second kappa shape index (κ2) is 7.53. The molecule has 0 aliphatic rings. The van der Waals surface area contributed by atoms with Crippen LogP contribution in [0.25, 0.3) is 0 Å². The summed E-state index contributed by atoms with van der Waals surface area (Å²) in [5.74, 6) is 0.0962. The predicted octanol–water partition coefficient (Wildman–Crippen LogP) is 1.59. The fourth-order valence-corrected chi connectivity index (χ4v) is 1.51. The van der Waals surface area contributed by atoms with Gasteiger partial charge < -0.3 is 14.0 Å². The molecule has 0 spiro atoms. The summed E-state index contributed by atoms with van der Waals surface area (Å²) < 4.78 is 11.4. The molecule has 0 aliphatic heterocycles. The van der Waals surface area contributed by atoms with Crippen molar-refractivity contribution in [3.05, 3.63) is 28.7 Å². The highest BCUT2D eigenvalue weighted by Gasteiger charge is 2.05. The molecule has 1 rings (SSSR count). The van der Waals surface area contributed by atoms with Crippen molar-refractivity contribution < 1.29 is 14.3 Å². The van der Waals surface area contributed by atoms with Crippen molar-refractivity contribution in [1.29, 1.82) is 0 Å². The van der Waals surface area contributed by atoms with Crippen molar-refractivity contribution in [2.45, 2.75) is 32.7 Å². The van der Waals surface area contributed by atoms with Crippen LogP contribution in [0.1, 0.15) is 26.2 Å². The Morgan fingerprint density at radius 2 is 2.22 bits per heavy atom. The Labute approximate surface area is 106 Å². The van der Waals surface area contributed by atoms with Gasteiger partial charge in [0, 0.05) is 19.2 Å². The van der Waals surface area contributed by atoms with E-state index in [-0.39, 0.29) is 11.5 Å². The number of ether oxygens (including phenoxy) is 2. The van der Waals surface area contributed by atoms with Crippen LogP contribution >= 0.6 is 0 Å². The first-order chi connectivity index (χ1) is 8.69. The number of methoxy groups -OCH3 is 1. The molecule has 0 unspecified atom stereocenters. The van der Waals surface area contributed by atoms with Gasteiger partial charge in [0.15, 0.2) is 5.75 Å². The highest BCUT2D eigenvalue weighted by Crippen LogP contribution is 2.03. The largest absolute Gasteiger partial charge is 0.488 e. The van der Waals surface area contributed by atoms with Gasteiger partial charge >= 0.3 is 5.97 Å². The van der Waals surface area contributed by atoms with E-state index in [9.17, 15) is 9.59 Å². The molecule has 0 bridgehead atoms. The van der Waals surface area contributed by atoms with Crippen LogP contribution in [-0.4, -0.2) is 24.3 Å². The number of nitrogens with zero attached hydrogens (tertiary/aromatic N) is 1. The lowest BCUT2D eigenvalue weighted by atomic mass is 10.3. The van der Waals surface area contributed by atoms with Crippen molar-refractivity contribution in [1.82, 2.24) is 4.57 Å². The van der Waals surface area contributed by atoms with E-state index in [0.717, 1.165) is 6.42 Å². The molecule has 5 nitrogen and oxygen atoms in total. The minimum Gasteiger partial charge on any atom is -0.488 e. The molecule has 5 heteroatoms. The first-order valence-electron chi connectivity index (χ1n) is 6.08. The lowest BCUT2D eigenvalue weighted by Gasteiger charge is -2.08. The van der Waals surface area contributed by atoms with Crippen LogP contribution in [0, 0.1) is 0 Å². The Bertz CT molecular complexity index is 439. The number of esters is 1. The number of hydrogen-bond acceptors (Lipinski definition) is 4. The van der Waals surface area contributed by atoms with Crippen molar-refractivity contribution >= 4 is 5.97 Å². The number of hydrogen-bond donors (Lipinski definition) is 0. The smallest absolute Gasteiger partial charge is 0.305 e. The summed E-state index contributed by atoms with van der Waals surface area (Å²) in [6.07, 6.45) is 3.43. The minimum absolute atomic E-state index is 0.157. The molecular formula is C13H19NO4. The Morgan fingerprint density at radius 3 is 2.89 bits per heavy atom. The molecule has 0 aliphatic carbocycles. The van der Waals surface area contributed by atoms with Gasteiger partial charge in [-0.25, -0.2) is 0 Å². The molecule has 1 heterocycles. The van der Waals surface area contributed by atoms with Crippen molar-refractivity contribution in [3.63, 3.8) is 0 Å². The van der Waals surface area contributed by atoms with Gasteiger partial charge in [-0.3, -0.25) is 9.59 Å². The summed E-state index contributed by atoms with van der Waals surface area (Å²) in [6.45, 7) is 3.00. The Hall–Kier alpha value is -1.78. The van der Waals surface area contributed by atoms with Crippen LogP contribution in [0.5, 0.6) is 5.75 Å². The fourth-order valence-electron chi connectivity index (χ4n) is 1.51. The monoisotopic (exact) mass is 253 g/mol. The third-order valence-corrected chi connectivity index (χ3v) is 2.45. The summed E-state index contributed by atoms with van der Waals surface area (Å²) in [7, 11) is 1.35. The third-order valence-electron chi connectivity index (χ3n) is 2.45. The van der Waals surface area contributed by atoms with E-state index in [1.165, 1.54) is 7.11 Å². The normalized spacial score (nSPS) is 10.1. The van der Waals surface area contributed by atoms with Gasteiger partial charge in [-0.1, -0.05) is 6.92 Å². The van der Waals surface area contributed by atoms with E-state index < -0.39 is 0 Å². The van der Waals surface area contributed by atoms with E-state index in [2.05, 4.69) is 4.74 Å². The topological polar surface area (TPSA) is 57.5 Å². The summed E-state index contributed by atoms with van der Waals surface area (Å²) in [6, 6.07) is 3.43. The zero-order chi connectivity index (χ0) is 13.4. The lowest BCUT2D eigenvalue weighted by Crippen LogP contribution is -2.22. The van der Waals surface area contributed by atoms with Crippen LogP contribution in [0.3, 0.4) is 0 Å². The number of carbonyl (C=O) groups is 1. The SMILES string of the molecule is CCCOc1cccn(CCCC(=O)OC)c1=O. The molecule has 100 valence electrons. The Morgan fingerprint density at radius 1 is 1.44 bits per heavy atom. The molecular weight excluding hydrogens is 234 g/mol. The Balaban J connectivity index is 2.60. The van der Waals surface area contributed by atoms with Gasteiger partial charge in [-0.2, -0.15) is 0 Å². The summed E-state index contributed by atoms with van der Waals surface area (Å²) in [5.41, 5.74) is -0.157. The van der Waals surface area contributed by atoms with E-state index >= 15 is 0 Å². The number of aromatic nitrogens is 1. The average Bonchev–Trinajstić information content (AvgIpc) is 2.39. The maximum atomic E-state index is 11.9. The second-order valence-corrected chi connectivity index (χ2v) is 3.90. The summed E-state index contributed by atoms with van der Waals surface area (Å²) in [4.78, 5) is 22.9. The Kier molecular flexibility index (Phi) is 5.97. The minimum atomic E-state index is -0.263. The second-order valence-electron chi connectivity index (χ2n) is 3.90. The van der Waals surface area contributed by atoms with E-state index in [4.69, 9.17) is 4.74 Å². The molecule has 0 radical (unpaired) electrons. The quantitative estimate of drug-likeness (QED) is 0.692. The maximum absolute atomic E-state index is 11.9. The van der Waals surface area contributed by atoms with Crippen molar-refractivity contribution in [2.24, 2.45) is 0 Å². The predicted molar refractivity (Wildman–Crippen MR) is 67.7 cm³/mol. The molecule has 0 saturated carbocycles. The number of pyridine rings is 1. The lowest BCUT2D eigenvalue weighted by molar-refractivity contribution is -0.140. The van der Waals surface area contributed by atoms with Gasteiger partial charge in [0.2, 0.25) is 0 Å². The van der Waals surface area contributed by atoms with E-state index in [1.54, 1.807) is 22.9 Å². The standard InChI is InChI=1S/C13H19NO4/c1-3-10-18-11-6-4-8-14(13(11)16)9-5-7-12(15)17-2/h4,6,8H,3,5,7,9-10H2,1-2H3. The molecule has 18 heavy (non-hydrogen) atoms. The molecule has 0 amide bonds. The van der Waals surface area contributed by atoms with Gasteiger partial charge in [0.25, 0.3) is 5.56 Å². The molecule has 0 saturated heterocycles. The summed E-state index contributed by atoms with van der Waals surface area (Å²) >= 11 is 0. The highest BCUT2D eigenvalue weighted by atomic mass is 16.5. The molecule has 0 N–H and O–H groups in total. The van der Waals surface area contributed by atoms with Gasteiger partial charge in [0.05, 0.1) is 13.7 Å². The zero-order valence-corrected chi connectivity index (χ0v) is 10.8. The number of rotatable bonds is 7. The van der Waals surface area contributed by atoms with Crippen molar-refractivity contribution in [2.75, 3.05) is 13.7 Å². The summed E-state index contributed by atoms with van der Waals surface area (Å²) in [5, 5.41) is 0. The van der Waals surface area contributed by atoms with Crippen LogP contribution in [0.15, 0.2) is 23.1 Å². The van der Waals surface area contributed by atoms with Gasteiger partial charge in [-0.05, 0) is 25.0 Å². The van der Waals surface area contributed by atoms with Crippen LogP contribution in [-0.2, 0) is 16.1 Å². The first kappa shape index (κ1) is 14.3. The van der Waals surface area contributed by atoms with E-state index in [0.29, 0.717) is 31.7 Å². The fraction of sp³-hybridized carbons (Fsp3) is 0.538. The third kappa shape index (κ3) is 4.24. The molecule has 1 aromatic rings. The van der Waals surface area contributed by atoms with Gasteiger partial charge in [-0.15, -0.1) is 0 Å². The molecule has 0 aromatic carbocycles. The average molecular weight is 253 g/mol. The highest BCUT2D eigenvalue weighted by molar-refractivity contribution is 5.68. The molecule has 1 aromatic heterocycles. The van der Waals surface area contributed by atoms with Crippen LogP contribution < -0.4 is 10.3 Å². The first-order valence-corrected chi connectivity index (χ1v) is 6.08. The van der Waals surface area contributed by atoms with Gasteiger partial charge in [0.1, 0.15) is 0 Å². The maximum Gasteiger partial charge on any atom is 0.305 e. The van der Waals surface area contributed by atoms with Crippen LogP contribution in [0.2, 0.25) is 0 Å². The van der Waals surface area contributed by atoms with Crippen LogP contribution in [0.4, 0.5) is 0 Å². The van der Waals surface area contributed by atoms with Crippen molar-refractivity contribution in [3.8, 4) is 5.75 Å². The number of carbonyl (C=O) groups excluding carboxylic acids is 1. The molecule has 0 fully saturated rings. The number of aryl methyl sites for hydroxylation is 1. The zero-order valence-electron chi connectivity index (χ0n) is 10.8. The van der Waals surface area contributed by atoms with E-state index in [1.807, 2.05) is 6.92 Å².